The van der Waals surface area contributed by atoms with Crippen LogP contribution in [0.25, 0.3) is 0 Å². The molecular weight excluding hydrogens is 310 g/mol. The first kappa shape index (κ1) is 18.7. The second-order valence-corrected chi connectivity index (χ2v) is 7.44. The predicted molar refractivity (Wildman–Crippen MR) is 81.8 cm³/mol. The van der Waals surface area contributed by atoms with Gasteiger partial charge >= 0.3 is 6.09 Å². The molecule has 1 N–H and O–H groups in total. The van der Waals surface area contributed by atoms with Crippen molar-refractivity contribution in [3.63, 3.8) is 0 Å². The molecule has 1 aliphatic rings. The van der Waals surface area contributed by atoms with Crippen LogP contribution < -0.4 is 5.32 Å². The van der Waals surface area contributed by atoms with Gasteiger partial charge in [0.05, 0.1) is 12.4 Å². The molecule has 8 nitrogen and oxygen atoms in total. The lowest BCUT2D eigenvalue weighted by atomic mass is 10.2. The van der Waals surface area contributed by atoms with Crippen molar-refractivity contribution in [2.45, 2.75) is 20.8 Å². The number of piperazine rings is 1. The minimum absolute atomic E-state index is 0.0947. The molecule has 1 aliphatic heterocycles. The Kier molecular flexibility index (Phi) is 7.08. The summed E-state index contributed by atoms with van der Waals surface area (Å²) in [4.78, 5) is 24.5. The molecule has 0 aromatic carbocycles. The Balaban J connectivity index is 2.42. The monoisotopic (exact) mass is 335 g/mol. The van der Waals surface area contributed by atoms with Crippen molar-refractivity contribution in [2.24, 2.45) is 5.92 Å². The minimum atomic E-state index is -3.43. The smallest absolute Gasteiger partial charge is 0.409 e. The molecule has 0 aromatic rings. The van der Waals surface area contributed by atoms with E-state index in [0.29, 0.717) is 19.7 Å². The van der Waals surface area contributed by atoms with Gasteiger partial charge in [0, 0.05) is 38.6 Å². The van der Waals surface area contributed by atoms with E-state index in [-0.39, 0.29) is 37.2 Å². The van der Waals surface area contributed by atoms with Gasteiger partial charge in [-0.25, -0.2) is 13.2 Å². The highest BCUT2D eigenvalue weighted by Gasteiger charge is 2.29. The Morgan fingerprint density at radius 2 is 1.77 bits per heavy atom. The second-order valence-electron chi connectivity index (χ2n) is 5.35. The van der Waals surface area contributed by atoms with Crippen LogP contribution in [0.3, 0.4) is 0 Å². The summed E-state index contributed by atoms with van der Waals surface area (Å²) in [6.45, 7) is 6.75. The van der Waals surface area contributed by atoms with Crippen LogP contribution in [-0.4, -0.2) is 74.7 Å². The summed E-state index contributed by atoms with van der Waals surface area (Å²) in [7, 11) is -3.43. The fourth-order valence-corrected chi connectivity index (χ4v) is 3.34. The van der Waals surface area contributed by atoms with Crippen molar-refractivity contribution in [2.75, 3.05) is 45.1 Å². The molecule has 1 saturated heterocycles. The van der Waals surface area contributed by atoms with E-state index in [1.54, 1.807) is 20.8 Å². The van der Waals surface area contributed by atoms with Gasteiger partial charge in [0.25, 0.3) is 0 Å². The summed E-state index contributed by atoms with van der Waals surface area (Å²) in [6.07, 6.45) is -0.413. The van der Waals surface area contributed by atoms with Crippen LogP contribution in [0.4, 0.5) is 4.79 Å². The summed E-state index contributed by atoms with van der Waals surface area (Å²) in [5.41, 5.74) is 0. The number of hydrogen-bond donors (Lipinski definition) is 1. The Labute approximate surface area is 131 Å². The fraction of sp³-hybridized carbons (Fsp3) is 0.846. The number of nitrogens with zero attached hydrogens (tertiary/aromatic N) is 2. The highest BCUT2D eigenvalue weighted by Crippen LogP contribution is 2.09. The van der Waals surface area contributed by atoms with E-state index >= 15 is 0 Å². The van der Waals surface area contributed by atoms with Crippen molar-refractivity contribution in [1.82, 2.24) is 14.5 Å². The molecule has 9 heteroatoms. The molecule has 1 fully saturated rings. The van der Waals surface area contributed by atoms with Crippen molar-refractivity contribution in [3.05, 3.63) is 0 Å². The predicted octanol–water partition coefficient (Wildman–Crippen LogP) is -0.137. The molecule has 128 valence electrons. The Morgan fingerprint density at radius 1 is 1.18 bits per heavy atom. The van der Waals surface area contributed by atoms with E-state index in [1.807, 2.05) is 0 Å². The van der Waals surface area contributed by atoms with E-state index in [1.165, 1.54) is 9.21 Å². The zero-order valence-corrected chi connectivity index (χ0v) is 14.2. The van der Waals surface area contributed by atoms with Crippen LogP contribution >= 0.6 is 0 Å². The number of amides is 2. The average Bonchev–Trinajstić information content (AvgIpc) is 2.47. The molecule has 0 unspecified atom stereocenters. The zero-order chi connectivity index (χ0) is 16.8. The third-order valence-corrected chi connectivity index (χ3v) is 5.21. The van der Waals surface area contributed by atoms with Gasteiger partial charge in [0.1, 0.15) is 0 Å². The molecule has 0 radical (unpaired) electrons. The van der Waals surface area contributed by atoms with E-state index in [0.717, 1.165) is 0 Å². The largest absolute Gasteiger partial charge is 0.450 e. The topological polar surface area (TPSA) is 96.0 Å². The summed E-state index contributed by atoms with van der Waals surface area (Å²) in [5.74, 6) is -0.469. The van der Waals surface area contributed by atoms with Crippen LogP contribution in [0, 0.1) is 5.92 Å². The quantitative estimate of drug-likeness (QED) is 0.729. The van der Waals surface area contributed by atoms with Gasteiger partial charge in [0.2, 0.25) is 15.9 Å². The van der Waals surface area contributed by atoms with Gasteiger partial charge in [-0.1, -0.05) is 13.8 Å². The first-order valence-corrected chi connectivity index (χ1v) is 9.06. The Morgan fingerprint density at radius 3 is 2.27 bits per heavy atom. The lowest BCUT2D eigenvalue weighted by molar-refractivity contribution is -0.123. The maximum atomic E-state index is 12.2. The number of ether oxygens (including phenoxy) is 1. The third-order valence-electron chi connectivity index (χ3n) is 3.34. The maximum Gasteiger partial charge on any atom is 0.409 e. The van der Waals surface area contributed by atoms with Crippen molar-refractivity contribution >= 4 is 22.0 Å². The van der Waals surface area contributed by atoms with Gasteiger partial charge in [-0.3, -0.25) is 4.79 Å². The Hall–Kier alpha value is -1.35. The van der Waals surface area contributed by atoms with Gasteiger partial charge in [-0.2, -0.15) is 4.31 Å². The summed E-state index contributed by atoms with van der Waals surface area (Å²) in [6, 6.07) is 0. The summed E-state index contributed by atoms with van der Waals surface area (Å²) in [5, 5.41) is 2.59. The first-order chi connectivity index (χ1) is 10.3. The SMILES string of the molecule is CCOC(=O)N1CCN(S(=O)(=O)CCNC(=O)C(C)C)CC1. The van der Waals surface area contributed by atoms with Crippen molar-refractivity contribution in [1.29, 1.82) is 0 Å². The van der Waals surface area contributed by atoms with Crippen LogP contribution in [0.2, 0.25) is 0 Å². The standard InChI is InChI=1S/C13H25N3O5S/c1-4-21-13(18)15-6-8-16(9-7-15)22(19,20)10-5-14-12(17)11(2)3/h11H,4-10H2,1-3H3,(H,14,17). The molecular formula is C13H25N3O5S. The lowest BCUT2D eigenvalue weighted by Gasteiger charge is -2.33. The molecule has 0 aliphatic carbocycles. The number of rotatable bonds is 6. The van der Waals surface area contributed by atoms with E-state index in [4.69, 9.17) is 4.74 Å². The minimum Gasteiger partial charge on any atom is -0.450 e. The highest BCUT2D eigenvalue weighted by atomic mass is 32.2. The second kappa shape index (κ2) is 8.33. The average molecular weight is 335 g/mol. The fourth-order valence-electron chi connectivity index (χ4n) is 2.00. The molecule has 0 atom stereocenters. The van der Waals surface area contributed by atoms with Crippen LogP contribution in [0.15, 0.2) is 0 Å². The van der Waals surface area contributed by atoms with Crippen molar-refractivity contribution in [3.8, 4) is 0 Å². The normalized spacial score (nSPS) is 16.6. The third kappa shape index (κ3) is 5.45. The molecule has 22 heavy (non-hydrogen) atoms. The van der Waals surface area contributed by atoms with E-state index in [2.05, 4.69) is 5.32 Å². The van der Waals surface area contributed by atoms with Crippen LogP contribution in [-0.2, 0) is 19.6 Å². The number of hydrogen-bond acceptors (Lipinski definition) is 5. The number of sulfonamides is 1. The summed E-state index contributed by atoms with van der Waals surface area (Å²) >= 11 is 0. The van der Waals surface area contributed by atoms with Crippen LogP contribution in [0.1, 0.15) is 20.8 Å². The molecule has 0 bridgehead atoms. The molecule has 1 heterocycles. The van der Waals surface area contributed by atoms with Gasteiger partial charge in [0.15, 0.2) is 0 Å². The van der Waals surface area contributed by atoms with Gasteiger partial charge < -0.3 is 15.0 Å². The highest BCUT2D eigenvalue weighted by molar-refractivity contribution is 7.89. The zero-order valence-electron chi connectivity index (χ0n) is 13.4. The lowest BCUT2D eigenvalue weighted by Crippen LogP contribution is -2.51. The van der Waals surface area contributed by atoms with E-state index in [9.17, 15) is 18.0 Å². The number of carbonyl (C=O) groups is 2. The molecule has 2 amide bonds. The molecule has 0 aromatic heterocycles. The number of carbonyl (C=O) groups excluding carboxylic acids is 2. The van der Waals surface area contributed by atoms with Crippen molar-refractivity contribution < 1.29 is 22.7 Å². The number of nitrogens with one attached hydrogen (secondary N) is 1. The summed E-state index contributed by atoms with van der Waals surface area (Å²) < 4.78 is 30.6. The van der Waals surface area contributed by atoms with Gasteiger partial charge in [-0.05, 0) is 6.92 Å². The van der Waals surface area contributed by atoms with E-state index < -0.39 is 16.1 Å². The maximum absolute atomic E-state index is 12.2. The first-order valence-electron chi connectivity index (χ1n) is 7.45. The Bertz CT molecular complexity index is 484. The molecule has 1 rings (SSSR count). The molecule has 0 saturated carbocycles. The molecule has 0 spiro atoms. The van der Waals surface area contributed by atoms with Gasteiger partial charge in [-0.15, -0.1) is 0 Å². The van der Waals surface area contributed by atoms with Crippen LogP contribution in [0.5, 0.6) is 0 Å².